The zero-order valence-corrected chi connectivity index (χ0v) is 10.7. The zero-order chi connectivity index (χ0) is 13.8. The number of ether oxygens (including phenoxy) is 1. The molecule has 98 valence electrons. The number of carbonyl (C=O) groups excluding carboxylic acids is 1. The third-order valence-corrected chi connectivity index (χ3v) is 2.59. The lowest BCUT2D eigenvalue weighted by molar-refractivity contribution is 0.102. The summed E-state index contributed by atoms with van der Waals surface area (Å²) in [6.07, 6.45) is 2.68. The van der Waals surface area contributed by atoms with Gasteiger partial charge in [0.05, 0.1) is 19.5 Å². The summed E-state index contributed by atoms with van der Waals surface area (Å²) in [4.78, 5) is 19.7. The van der Waals surface area contributed by atoms with Crippen molar-refractivity contribution in [2.75, 3.05) is 18.2 Å². The second-order valence-electron chi connectivity index (χ2n) is 3.96. The minimum atomic E-state index is -0.333. The second-order valence-corrected chi connectivity index (χ2v) is 3.96. The van der Waals surface area contributed by atoms with Crippen molar-refractivity contribution in [3.63, 3.8) is 0 Å². The second kappa shape index (κ2) is 5.34. The van der Waals surface area contributed by atoms with Gasteiger partial charge in [-0.05, 0) is 30.7 Å². The van der Waals surface area contributed by atoms with Crippen LogP contribution >= 0.6 is 0 Å². The molecule has 1 amide bonds. The van der Waals surface area contributed by atoms with Gasteiger partial charge in [0.25, 0.3) is 5.91 Å². The van der Waals surface area contributed by atoms with Crippen LogP contribution < -0.4 is 15.8 Å². The smallest absolute Gasteiger partial charge is 0.275 e. The highest BCUT2D eigenvalue weighted by atomic mass is 16.5. The van der Waals surface area contributed by atoms with Crippen molar-refractivity contribution in [1.82, 2.24) is 9.97 Å². The summed E-state index contributed by atoms with van der Waals surface area (Å²) in [6, 6.07) is 5.39. The Kier molecular flexibility index (Phi) is 3.61. The summed E-state index contributed by atoms with van der Waals surface area (Å²) < 4.78 is 5.10. The lowest BCUT2D eigenvalue weighted by Crippen LogP contribution is -2.15. The molecule has 1 heterocycles. The fourth-order valence-electron chi connectivity index (χ4n) is 1.55. The van der Waals surface area contributed by atoms with Crippen LogP contribution in [0.1, 0.15) is 16.1 Å². The van der Waals surface area contributed by atoms with Crippen molar-refractivity contribution in [1.29, 1.82) is 0 Å². The summed E-state index contributed by atoms with van der Waals surface area (Å²) in [5.74, 6) is 0.681. The third kappa shape index (κ3) is 2.98. The van der Waals surface area contributed by atoms with Crippen molar-refractivity contribution in [3.8, 4) is 5.75 Å². The molecule has 0 spiro atoms. The summed E-state index contributed by atoms with van der Waals surface area (Å²) >= 11 is 0. The number of rotatable bonds is 3. The highest BCUT2D eigenvalue weighted by Crippen LogP contribution is 2.21. The lowest BCUT2D eigenvalue weighted by Gasteiger charge is -2.09. The summed E-state index contributed by atoms with van der Waals surface area (Å²) in [7, 11) is 1.59. The normalized spacial score (nSPS) is 10.0. The first-order chi connectivity index (χ1) is 9.10. The number of benzene rings is 1. The van der Waals surface area contributed by atoms with Crippen LogP contribution in [0.4, 0.5) is 11.5 Å². The molecule has 0 saturated heterocycles. The van der Waals surface area contributed by atoms with Crippen LogP contribution in [0.5, 0.6) is 5.75 Å². The van der Waals surface area contributed by atoms with Gasteiger partial charge in [-0.15, -0.1) is 0 Å². The first kappa shape index (κ1) is 12.8. The van der Waals surface area contributed by atoms with Gasteiger partial charge >= 0.3 is 0 Å². The van der Waals surface area contributed by atoms with Crippen molar-refractivity contribution < 1.29 is 9.53 Å². The molecule has 0 radical (unpaired) electrons. The predicted octanol–water partition coefficient (Wildman–Crippen LogP) is 1.63. The monoisotopic (exact) mass is 258 g/mol. The van der Waals surface area contributed by atoms with E-state index in [9.17, 15) is 4.79 Å². The molecular formula is C13H14N4O2. The van der Waals surface area contributed by atoms with Gasteiger partial charge in [-0.25, -0.2) is 9.97 Å². The minimum Gasteiger partial charge on any atom is -0.497 e. The fraction of sp³-hybridized carbons (Fsp3) is 0.154. The van der Waals surface area contributed by atoms with E-state index in [-0.39, 0.29) is 17.4 Å². The van der Waals surface area contributed by atoms with Gasteiger partial charge in [0.15, 0.2) is 0 Å². The molecule has 6 nitrogen and oxygen atoms in total. The molecule has 0 aliphatic carbocycles. The molecule has 3 N–H and O–H groups in total. The average Bonchev–Trinajstić information content (AvgIpc) is 2.41. The number of anilines is 2. The molecule has 0 bridgehead atoms. The predicted molar refractivity (Wildman–Crippen MR) is 72.1 cm³/mol. The SMILES string of the molecule is COc1ccc(NC(=O)c2cnc(N)cn2)c(C)c1. The van der Waals surface area contributed by atoms with E-state index in [2.05, 4.69) is 15.3 Å². The number of carbonyl (C=O) groups is 1. The summed E-state index contributed by atoms with van der Waals surface area (Å²) in [6.45, 7) is 1.88. The van der Waals surface area contributed by atoms with Gasteiger partial charge in [0, 0.05) is 5.69 Å². The molecule has 2 aromatic rings. The number of nitrogens with two attached hydrogens (primary N) is 1. The molecule has 1 aromatic carbocycles. The molecule has 0 saturated carbocycles. The molecule has 0 aliphatic heterocycles. The Labute approximate surface area is 110 Å². The Hall–Kier alpha value is -2.63. The Bertz CT molecular complexity index is 596. The quantitative estimate of drug-likeness (QED) is 0.873. The van der Waals surface area contributed by atoms with Gasteiger partial charge < -0.3 is 15.8 Å². The van der Waals surface area contributed by atoms with Crippen molar-refractivity contribution in [2.45, 2.75) is 6.92 Å². The Morgan fingerprint density at radius 1 is 1.32 bits per heavy atom. The molecule has 1 aromatic heterocycles. The largest absolute Gasteiger partial charge is 0.497 e. The standard InChI is InChI=1S/C13H14N4O2/c1-8-5-9(19-2)3-4-10(8)17-13(18)11-6-16-12(14)7-15-11/h3-7H,1-2H3,(H2,14,16)(H,17,18). The first-order valence-electron chi connectivity index (χ1n) is 5.63. The van der Waals surface area contributed by atoms with Gasteiger partial charge in [-0.3, -0.25) is 4.79 Å². The number of hydrogen-bond acceptors (Lipinski definition) is 5. The topological polar surface area (TPSA) is 90.1 Å². The number of nitrogens with zero attached hydrogens (tertiary/aromatic N) is 2. The number of aromatic nitrogens is 2. The molecule has 2 rings (SSSR count). The fourth-order valence-corrected chi connectivity index (χ4v) is 1.55. The minimum absolute atomic E-state index is 0.212. The van der Waals surface area contributed by atoms with Crippen LogP contribution in [0.25, 0.3) is 0 Å². The van der Waals surface area contributed by atoms with E-state index in [0.717, 1.165) is 11.3 Å². The number of nitrogens with one attached hydrogen (secondary N) is 1. The highest BCUT2D eigenvalue weighted by molar-refractivity contribution is 6.03. The number of hydrogen-bond donors (Lipinski definition) is 2. The third-order valence-electron chi connectivity index (χ3n) is 2.59. The molecule has 19 heavy (non-hydrogen) atoms. The van der Waals surface area contributed by atoms with Gasteiger partial charge in [-0.2, -0.15) is 0 Å². The van der Waals surface area contributed by atoms with E-state index >= 15 is 0 Å². The highest BCUT2D eigenvalue weighted by Gasteiger charge is 2.09. The van der Waals surface area contributed by atoms with E-state index in [4.69, 9.17) is 10.5 Å². The number of aryl methyl sites for hydroxylation is 1. The zero-order valence-electron chi connectivity index (χ0n) is 10.7. The van der Waals surface area contributed by atoms with Crippen molar-refractivity contribution in [2.24, 2.45) is 0 Å². The van der Waals surface area contributed by atoms with Gasteiger partial charge in [0.1, 0.15) is 17.3 Å². The van der Waals surface area contributed by atoms with Crippen LogP contribution in [0.2, 0.25) is 0 Å². The average molecular weight is 258 g/mol. The lowest BCUT2D eigenvalue weighted by atomic mass is 10.2. The Morgan fingerprint density at radius 2 is 2.11 bits per heavy atom. The maximum Gasteiger partial charge on any atom is 0.275 e. The van der Waals surface area contributed by atoms with Gasteiger partial charge in [-0.1, -0.05) is 0 Å². The van der Waals surface area contributed by atoms with Crippen LogP contribution in [0, 0.1) is 6.92 Å². The van der Waals surface area contributed by atoms with Crippen LogP contribution in [0.3, 0.4) is 0 Å². The maximum atomic E-state index is 11.9. The van der Waals surface area contributed by atoms with Crippen molar-refractivity contribution in [3.05, 3.63) is 41.9 Å². The molecule has 0 aliphatic rings. The van der Waals surface area contributed by atoms with E-state index in [1.165, 1.54) is 12.4 Å². The molecule has 6 heteroatoms. The van der Waals surface area contributed by atoms with E-state index < -0.39 is 0 Å². The molecule has 0 unspecified atom stereocenters. The van der Waals surface area contributed by atoms with Crippen LogP contribution in [0.15, 0.2) is 30.6 Å². The molecule has 0 atom stereocenters. The number of amides is 1. The number of nitrogen functional groups attached to an aromatic ring is 1. The number of methoxy groups -OCH3 is 1. The van der Waals surface area contributed by atoms with E-state index in [1.54, 1.807) is 19.2 Å². The van der Waals surface area contributed by atoms with E-state index in [0.29, 0.717) is 5.69 Å². The Morgan fingerprint density at radius 3 is 2.68 bits per heavy atom. The molecular weight excluding hydrogens is 244 g/mol. The van der Waals surface area contributed by atoms with Crippen LogP contribution in [-0.4, -0.2) is 23.0 Å². The Balaban J connectivity index is 2.17. The molecule has 0 fully saturated rings. The van der Waals surface area contributed by atoms with Crippen LogP contribution in [-0.2, 0) is 0 Å². The first-order valence-corrected chi connectivity index (χ1v) is 5.63. The van der Waals surface area contributed by atoms with Crippen molar-refractivity contribution >= 4 is 17.4 Å². The summed E-state index contributed by atoms with van der Waals surface area (Å²) in [5, 5.41) is 2.76. The van der Waals surface area contributed by atoms with E-state index in [1.807, 2.05) is 13.0 Å². The summed E-state index contributed by atoms with van der Waals surface area (Å²) in [5.41, 5.74) is 7.23. The van der Waals surface area contributed by atoms with Gasteiger partial charge in [0.2, 0.25) is 0 Å². The maximum absolute atomic E-state index is 11.9.